The van der Waals surface area contributed by atoms with Crippen LogP contribution in [0.1, 0.15) is 5.56 Å². The van der Waals surface area contributed by atoms with Gasteiger partial charge in [-0.25, -0.2) is 9.67 Å². The first-order chi connectivity index (χ1) is 13.2. The van der Waals surface area contributed by atoms with E-state index in [4.69, 9.17) is 4.74 Å². The Bertz CT molecular complexity index is 1160. The molecule has 2 aromatic carbocycles. The van der Waals surface area contributed by atoms with Crippen LogP contribution in [-0.2, 0) is 5.75 Å². The standard InChI is InChI=1S/C19H15BrN4O2S/c1-26-16-8-7-13(20)9-12(16)11-27-19-22-17-15(18(25)23-19)10-21-24(17)14-5-3-2-4-6-14/h2-10H,11H2,1H3,(H,22,23,25). The third-order valence-corrected chi connectivity index (χ3v) is 5.44. The normalized spacial score (nSPS) is 11.0. The van der Waals surface area contributed by atoms with Gasteiger partial charge in [0.1, 0.15) is 11.1 Å². The molecule has 0 saturated carbocycles. The third-order valence-electron chi connectivity index (χ3n) is 4.02. The fraction of sp³-hybridized carbons (Fsp3) is 0.105. The number of nitrogens with zero attached hydrogens (tertiary/aromatic N) is 3. The highest BCUT2D eigenvalue weighted by molar-refractivity contribution is 9.10. The number of thioether (sulfide) groups is 1. The average molecular weight is 443 g/mol. The Labute approximate surface area is 167 Å². The van der Waals surface area contributed by atoms with Crippen LogP contribution in [0.3, 0.4) is 0 Å². The summed E-state index contributed by atoms with van der Waals surface area (Å²) in [7, 11) is 1.64. The predicted molar refractivity (Wildman–Crippen MR) is 110 cm³/mol. The minimum absolute atomic E-state index is 0.203. The van der Waals surface area contributed by atoms with Gasteiger partial charge in [-0.2, -0.15) is 5.10 Å². The molecule has 6 nitrogen and oxygen atoms in total. The van der Waals surface area contributed by atoms with Crippen molar-refractivity contribution in [1.82, 2.24) is 19.7 Å². The SMILES string of the molecule is COc1ccc(Br)cc1CSc1nc2c(cnn2-c2ccccc2)c(=O)[nH]1. The van der Waals surface area contributed by atoms with Crippen LogP contribution in [-0.4, -0.2) is 26.9 Å². The van der Waals surface area contributed by atoms with E-state index in [1.165, 1.54) is 11.8 Å². The number of para-hydroxylation sites is 1. The van der Waals surface area contributed by atoms with Crippen LogP contribution in [0.4, 0.5) is 0 Å². The number of hydrogen-bond donors (Lipinski definition) is 1. The number of aromatic nitrogens is 4. The molecule has 4 aromatic rings. The number of rotatable bonds is 5. The molecular weight excluding hydrogens is 428 g/mol. The van der Waals surface area contributed by atoms with Gasteiger partial charge in [0, 0.05) is 15.8 Å². The zero-order valence-electron chi connectivity index (χ0n) is 14.3. The van der Waals surface area contributed by atoms with Crippen LogP contribution >= 0.6 is 27.7 Å². The van der Waals surface area contributed by atoms with Gasteiger partial charge in [0.25, 0.3) is 5.56 Å². The average Bonchev–Trinajstić information content (AvgIpc) is 3.12. The molecule has 0 unspecified atom stereocenters. The summed E-state index contributed by atoms with van der Waals surface area (Å²) in [5.74, 6) is 1.40. The van der Waals surface area contributed by atoms with E-state index >= 15 is 0 Å². The maximum absolute atomic E-state index is 12.4. The molecule has 0 aliphatic heterocycles. The molecule has 0 spiro atoms. The van der Waals surface area contributed by atoms with Crippen LogP contribution in [0.5, 0.6) is 5.75 Å². The fourth-order valence-corrected chi connectivity index (χ4v) is 3.97. The number of ether oxygens (including phenoxy) is 1. The van der Waals surface area contributed by atoms with Crippen molar-refractivity contribution < 1.29 is 4.74 Å². The summed E-state index contributed by atoms with van der Waals surface area (Å²) >= 11 is 4.92. The smallest absolute Gasteiger partial charge is 0.262 e. The maximum atomic E-state index is 12.4. The van der Waals surface area contributed by atoms with Crippen molar-refractivity contribution >= 4 is 38.7 Å². The summed E-state index contributed by atoms with van der Waals surface area (Å²) in [6, 6.07) is 15.5. The summed E-state index contributed by atoms with van der Waals surface area (Å²) < 4.78 is 8.05. The Hall–Kier alpha value is -2.58. The molecular formula is C19H15BrN4O2S. The molecule has 8 heteroatoms. The molecule has 0 atom stereocenters. The minimum Gasteiger partial charge on any atom is -0.496 e. The van der Waals surface area contributed by atoms with Crippen molar-refractivity contribution in [2.75, 3.05) is 7.11 Å². The lowest BCUT2D eigenvalue weighted by Crippen LogP contribution is -2.09. The van der Waals surface area contributed by atoms with Crippen LogP contribution < -0.4 is 10.3 Å². The Kier molecular flexibility index (Phi) is 5.00. The van der Waals surface area contributed by atoms with Gasteiger partial charge < -0.3 is 9.72 Å². The highest BCUT2D eigenvalue weighted by Crippen LogP contribution is 2.29. The van der Waals surface area contributed by atoms with Gasteiger partial charge in [-0.1, -0.05) is 45.9 Å². The monoisotopic (exact) mass is 442 g/mol. The van der Waals surface area contributed by atoms with E-state index in [2.05, 4.69) is 31.0 Å². The van der Waals surface area contributed by atoms with Gasteiger partial charge >= 0.3 is 0 Å². The molecule has 0 bridgehead atoms. The van der Waals surface area contributed by atoms with Gasteiger partial charge in [0.2, 0.25) is 0 Å². The highest BCUT2D eigenvalue weighted by atomic mass is 79.9. The Morgan fingerprint density at radius 3 is 2.81 bits per heavy atom. The third kappa shape index (κ3) is 3.63. The molecule has 136 valence electrons. The summed E-state index contributed by atoms with van der Waals surface area (Å²) in [4.78, 5) is 19.9. The first kappa shape index (κ1) is 17.8. The molecule has 0 radical (unpaired) electrons. The number of aromatic amines is 1. The summed E-state index contributed by atoms with van der Waals surface area (Å²) in [5.41, 5.74) is 2.20. The fourth-order valence-electron chi connectivity index (χ4n) is 2.73. The molecule has 0 fully saturated rings. The number of halogens is 1. The van der Waals surface area contributed by atoms with E-state index in [1.807, 2.05) is 48.5 Å². The maximum Gasteiger partial charge on any atom is 0.262 e. The number of methoxy groups -OCH3 is 1. The second-order valence-corrected chi connectivity index (χ2v) is 7.62. The predicted octanol–water partition coefficient (Wildman–Crippen LogP) is 4.17. The van der Waals surface area contributed by atoms with Crippen molar-refractivity contribution in [1.29, 1.82) is 0 Å². The molecule has 0 saturated heterocycles. The van der Waals surface area contributed by atoms with Gasteiger partial charge in [0.05, 0.1) is 19.0 Å². The molecule has 0 amide bonds. The van der Waals surface area contributed by atoms with Crippen molar-refractivity contribution in [2.24, 2.45) is 0 Å². The number of benzene rings is 2. The van der Waals surface area contributed by atoms with E-state index in [9.17, 15) is 4.79 Å². The van der Waals surface area contributed by atoms with Crippen LogP contribution in [0.15, 0.2) is 69.2 Å². The lowest BCUT2D eigenvalue weighted by molar-refractivity contribution is 0.411. The zero-order chi connectivity index (χ0) is 18.8. The summed E-state index contributed by atoms with van der Waals surface area (Å²) in [6.07, 6.45) is 1.54. The second kappa shape index (κ2) is 7.58. The number of hydrogen-bond acceptors (Lipinski definition) is 5. The Morgan fingerprint density at radius 1 is 1.22 bits per heavy atom. The molecule has 4 rings (SSSR count). The second-order valence-electron chi connectivity index (χ2n) is 5.75. The molecule has 27 heavy (non-hydrogen) atoms. The van der Waals surface area contributed by atoms with E-state index in [0.717, 1.165) is 21.5 Å². The van der Waals surface area contributed by atoms with Crippen molar-refractivity contribution in [3.8, 4) is 11.4 Å². The van der Waals surface area contributed by atoms with Crippen molar-refractivity contribution in [3.63, 3.8) is 0 Å². The highest BCUT2D eigenvalue weighted by Gasteiger charge is 2.13. The topological polar surface area (TPSA) is 72.8 Å². The van der Waals surface area contributed by atoms with E-state index < -0.39 is 0 Å². The number of nitrogens with one attached hydrogen (secondary N) is 1. The zero-order valence-corrected chi connectivity index (χ0v) is 16.8. The van der Waals surface area contributed by atoms with Crippen molar-refractivity contribution in [2.45, 2.75) is 10.9 Å². The van der Waals surface area contributed by atoms with Crippen LogP contribution in [0, 0.1) is 0 Å². The lowest BCUT2D eigenvalue weighted by atomic mass is 10.2. The lowest BCUT2D eigenvalue weighted by Gasteiger charge is -2.09. The van der Waals surface area contributed by atoms with E-state index in [1.54, 1.807) is 18.0 Å². The van der Waals surface area contributed by atoms with Gasteiger partial charge in [-0.05, 0) is 30.3 Å². The minimum atomic E-state index is -0.203. The van der Waals surface area contributed by atoms with Gasteiger partial charge in [-0.3, -0.25) is 4.79 Å². The quantitative estimate of drug-likeness (QED) is 0.370. The number of fused-ring (bicyclic) bond motifs is 1. The number of H-pyrrole nitrogens is 1. The molecule has 0 aliphatic rings. The summed E-state index contributed by atoms with van der Waals surface area (Å²) in [6.45, 7) is 0. The van der Waals surface area contributed by atoms with E-state index in [0.29, 0.717) is 21.9 Å². The van der Waals surface area contributed by atoms with E-state index in [-0.39, 0.29) is 5.56 Å². The molecule has 2 heterocycles. The van der Waals surface area contributed by atoms with Crippen LogP contribution in [0.25, 0.3) is 16.7 Å². The summed E-state index contributed by atoms with van der Waals surface area (Å²) in [5, 5.41) is 5.32. The van der Waals surface area contributed by atoms with Crippen molar-refractivity contribution in [3.05, 3.63) is 75.1 Å². The Balaban J connectivity index is 1.69. The molecule has 0 aliphatic carbocycles. The largest absolute Gasteiger partial charge is 0.496 e. The van der Waals surface area contributed by atoms with Gasteiger partial charge in [0.15, 0.2) is 10.8 Å². The molecule has 2 aromatic heterocycles. The first-order valence-electron chi connectivity index (χ1n) is 8.14. The first-order valence-corrected chi connectivity index (χ1v) is 9.92. The Morgan fingerprint density at radius 2 is 2.04 bits per heavy atom. The molecule has 1 N–H and O–H groups in total. The van der Waals surface area contributed by atoms with Gasteiger partial charge in [-0.15, -0.1) is 0 Å². The van der Waals surface area contributed by atoms with Crippen LogP contribution in [0.2, 0.25) is 0 Å².